The maximum absolute atomic E-state index is 13.0. The van der Waals surface area contributed by atoms with E-state index >= 15 is 0 Å². The monoisotopic (exact) mass is 736 g/mol. The highest BCUT2D eigenvalue weighted by molar-refractivity contribution is 5.92. The number of fused-ring (bicyclic) bond motifs is 3. The largest absolute Gasteiger partial charge is 0.491 e. The zero-order valence-corrected chi connectivity index (χ0v) is 31.2. The first-order chi connectivity index (χ1) is 26.3. The number of carbonyl (C=O) groups is 2. The highest BCUT2D eigenvalue weighted by Crippen LogP contribution is 2.47. The minimum absolute atomic E-state index is 0.00255. The second-order valence-electron chi connectivity index (χ2n) is 14.5. The predicted octanol–water partition coefficient (Wildman–Crippen LogP) is 7.90. The van der Waals surface area contributed by atoms with Crippen LogP contribution in [0.2, 0.25) is 0 Å². The second-order valence-corrected chi connectivity index (χ2v) is 14.5. The van der Waals surface area contributed by atoms with Crippen LogP contribution in [0.5, 0.6) is 23.0 Å². The van der Waals surface area contributed by atoms with Crippen molar-refractivity contribution in [2.45, 2.75) is 39.5 Å². The average Bonchev–Trinajstić information content (AvgIpc) is 3.43. The van der Waals surface area contributed by atoms with E-state index in [4.69, 9.17) is 37.9 Å². The van der Waals surface area contributed by atoms with Crippen molar-refractivity contribution in [3.63, 3.8) is 0 Å². The van der Waals surface area contributed by atoms with Crippen molar-refractivity contribution in [1.29, 1.82) is 0 Å². The Hall–Kier alpha value is -4.74. The molecule has 0 radical (unpaired) electrons. The quantitative estimate of drug-likeness (QED) is 0.0569. The molecule has 2 fully saturated rings. The number of benzene rings is 4. The number of hydrogen-bond acceptors (Lipinski definition) is 10. The number of hydrogen-bond donors (Lipinski definition) is 0. The molecule has 2 heterocycles. The molecule has 0 atom stereocenters. The van der Waals surface area contributed by atoms with Gasteiger partial charge in [-0.2, -0.15) is 0 Å². The van der Waals surface area contributed by atoms with E-state index in [2.05, 4.69) is 20.8 Å². The summed E-state index contributed by atoms with van der Waals surface area (Å²) < 4.78 is 45.4. The van der Waals surface area contributed by atoms with Gasteiger partial charge in [0.05, 0.1) is 64.0 Å². The SMILES string of the molecule is CCC1(COCCOc2ccc(C(=O)Oc3ccc4c(c3)C(C)c3cc(OC(=O)c5ccc(OCCOCC6(CC)COC6)cc5)ccc3-4)cc2)COC1. The van der Waals surface area contributed by atoms with Crippen molar-refractivity contribution in [2.24, 2.45) is 10.8 Å². The van der Waals surface area contributed by atoms with Crippen LogP contribution >= 0.6 is 0 Å². The highest BCUT2D eigenvalue weighted by atomic mass is 16.6. The minimum atomic E-state index is -0.455. The normalized spacial score (nSPS) is 16.4. The third-order valence-electron chi connectivity index (χ3n) is 10.8. The van der Waals surface area contributed by atoms with Crippen molar-refractivity contribution in [1.82, 2.24) is 0 Å². The summed E-state index contributed by atoms with van der Waals surface area (Å²) in [7, 11) is 0. The lowest BCUT2D eigenvalue weighted by Crippen LogP contribution is -2.45. The van der Waals surface area contributed by atoms with Crippen molar-refractivity contribution in [2.75, 3.05) is 66.1 Å². The molecule has 0 aromatic heterocycles. The van der Waals surface area contributed by atoms with Gasteiger partial charge >= 0.3 is 11.9 Å². The second kappa shape index (κ2) is 16.7. The van der Waals surface area contributed by atoms with Crippen LogP contribution in [-0.4, -0.2) is 78.0 Å². The minimum Gasteiger partial charge on any atom is -0.491 e. The molecular formula is C44H48O10. The van der Waals surface area contributed by atoms with Gasteiger partial charge in [0, 0.05) is 16.7 Å². The smallest absolute Gasteiger partial charge is 0.343 e. The summed E-state index contributed by atoms with van der Waals surface area (Å²) in [5, 5.41) is 0. The third kappa shape index (κ3) is 8.47. The first-order valence-corrected chi connectivity index (χ1v) is 18.8. The van der Waals surface area contributed by atoms with Gasteiger partial charge in [-0.3, -0.25) is 0 Å². The maximum Gasteiger partial charge on any atom is 0.343 e. The molecule has 0 amide bonds. The van der Waals surface area contributed by atoms with Gasteiger partial charge in [-0.05, 0) is 108 Å². The van der Waals surface area contributed by atoms with Gasteiger partial charge in [-0.15, -0.1) is 0 Å². The zero-order chi connectivity index (χ0) is 37.5. The van der Waals surface area contributed by atoms with Gasteiger partial charge in [0.25, 0.3) is 0 Å². The Morgan fingerprint density at radius 2 is 0.963 bits per heavy atom. The Morgan fingerprint density at radius 3 is 1.31 bits per heavy atom. The zero-order valence-electron chi connectivity index (χ0n) is 31.2. The molecule has 1 aliphatic carbocycles. The number of rotatable bonds is 18. The number of carbonyl (C=O) groups excluding carboxylic acids is 2. The molecule has 0 N–H and O–H groups in total. The Morgan fingerprint density at radius 1 is 0.574 bits per heavy atom. The van der Waals surface area contributed by atoms with Crippen LogP contribution in [0.1, 0.15) is 71.4 Å². The fourth-order valence-electron chi connectivity index (χ4n) is 6.86. The van der Waals surface area contributed by atoms with Crippen LogP contribution < -0.4 is 18.9 Å². The van der Waals surface area contributed by atoms with Crippen molar-refractivity contribution in [3.8, 4) is 34.1 Å². The Kier molecular flexibility index (Phi) is 11.6. The summed E-state index contributed by atoms with van der Waals surface area (Å²) in [6.07, 6.45) is 2.07. The van der Waals surface area contributed by atoms with E-state index in [1.165, 1.54) is 0 Å². The van der Waals surface area contributed by atoms with Gasteiger partial charge in [0.1, 0.15) is 36.2 Å². The molecule has 3 aliphatic rings. The molecule has 4 aromatic rings. The van der Waals surface area contributed by atoms with Crippen molar-refractivity contribution in [3.05, 3.63) is 107 Å². The summed E-state index contributed by atoms with van der Waals surface area (Å²) in [6.45, 7) is 12.6. The fraction of sp³-hybridized carbons (Fsp3) is 0.409. The van der Waals surface area contributed by atoms with E-state index in [1.807, 2.05) is 24.3 Å². The summed E-state index contributed by atoms with van der Waals surface area (Å²) >= 11 is 0. The van der Waals surface area contributed by atoms with E-state index in [0.29, 0.717) is 73.8 Å². The first kappa shape index (κ1) is 37.6. The van der Waals surface area contributed by atoms with Crippen LogP contribution in [0.15, 0.2) is 84.9 Å². The van der Waals surface area contributed by atoms with Gasteiger partial charge < -0.3 is 37.9 Å². The van der Waals surface area contributed by atoms with Gasteiger partial charge in [-0.25, -0.2) is 9.59 Å². The third-order valence-corrected chi connectivity index (χ3v) is 10.8. The predicted molar refractivity (Wildman–Crippen MR) is 202 cm³/mol. The molecule has 7 rings (SSSR count). The molecule has 4 aromatic carbocycles. The van der Waals surface area contributed by atoms with E-state index in [1.54, 1.807) is 60.7 Å². The summed E-state index contributed by atoms with van der Waals surface area (Å²) in [5.74, 6) is 1.31. The summed E-state index contributed by atoms with van der Waals surface area (Å²) in [6, 6.07) is 25.1. The van der Waals surface area contributed by atoms with Crippen LogP contribution in [0, 0.1) is 10.8 Å². The van der Waals surface area contributed by atoms with E-state index in [9.17, 15) is 9.59 Å². The molecule has 0 bridgehead atoms. The average molecular weight is 737 g/mol. The molecular weight excluding hydrogens is 688 g/mol. The molecule has 2 saturated heterocycles. The molecule has 0 saturated carbocycles. The van der Waals surface area contributed by atoms with Crippen molar-refractivity contribution >= 4 is 11.9 Å². The topological polar surface area (TPSA) is 108 Å². The van der Waals surface area contributed by atoms with E-state index in [0.717, 1.165) is 61.5 Å². The lowest BCUT2D eigenvalue weighted by molar-refractivity contribution is -0.151. The highest BCUT2D eigenvalue weighted by Gasteiger charge is 2.37. The Balaban J connectivity index is 0.874. The molecule has 0 unspecified atom stereocenters. The van der Waals surface area contributed by atoms with Crippen LogP contribution in [0.25, 0.3) is 11.1 Å². The first-order valence-electron chi connectivity index (χ1n) is 18.8. The van der Waals surface area contributed by atoms with Crippen LogP contribution in [0.3, 0.4) is 0 Å². The fourth-order valence-corrected chi connectivity index (χ4v) is 6.86. The number of esters is 2. The van der Waals surface area contributed by atoms with Gasteiger partial charge in [0.15, 0.2) is 0 Å². The molecule has 10 heteroatoms. The molecule has 2 aliphatic heterocycles. The number of ether oxygens (including phenoxy) is 8. The van der Waals surface area contributed by atoms with E-state index < -0.39 is 11.9 Å². The summed E-state index contributed by atoms with van der Waals surface area (Å²) in [4.78, 5) is 26.1. The Labute approximate surface area is 316 Å². The van der Waals surface area contributed by atoms with Gasteiger partial charge in [-0.1, -0.05) is 32.9 Å². The van der Waals surface area contributed by atoms with Gasteiger partial charge in [0.2, 0.25) is 0 Å². The van der Waals surface area contributed by atoms with Crippen LogP contribution in [-0.2, 0) is 18.9 Å². The lowest BCUT2D eigenvalue weighted by Gasteiger charge is -2.40. The molecule has 10 nitrogen and oxygen atoms in total. The molecule has 0 spiro atoms. The molecule has 284 valence electrons. The van der Waals surface area contributed by atoms with Crippen LogP contribution in [0.4, 0.5) is 0 Å². The Bertz CT molecular complexity index is 1760. The van der Waals surface area contributed by atoms with E-state index in [-0.39, 0.29) is 16.7 Å². The maximum atomic E-state index is 13.0. The summed E-state index contributed by atoms with van der Waals surface area (Å²) in [5.41, 5.74) is 5.30. The lowest BCUT2D eigenvalue weighted by atomic mass is 9.84. The standard InChI is InChI=1S/C44H48O10/c1-4-43(26-49-27-43)24-47-18-20-51-33-10-6-31(7-11-33)41(45)53-35-14-16-37-38-17-15-36(23-40(38)30(3)39(37)22-35)54-42(46)32-8-12-34(13-9-32)52-21-19-48-25-44(5-2)28-50-29-44/h6-17,22-23,30H,4-5,18-21,24-29H2,1-3H3. The van der Waals surface area contributed by atoms with Crippen molar-refractivity contribution < 1.29 is 47.5 Å². The molecule has 54 heavy (non-hydrogen) atoms.